The zero-order chi connectivity index (χ0) is 12.4. The number of nitrogens with zero attached hydrogens (tertiary/aromatic N) is 1. The van der Waals surface area contributed by atoms with Crippen molar-refractivity contribution in [3.63, 3.8) is 0 Å². The number of rotatable bonds is 2. The first-order chi connectivity index (χ1) is 8.09. The highest BCUT2D eigenvalue weighted by Gasteiger charge is 2.14. The highest BCUT2D eigenvalue weighted by Crippen LogP contribution is 2.22. The van der Waals surface area contributed by atoms with Crippen LogP contribution in [0.25, 0.3) is 0 Å². The summed E-state index contributed by atoms with van der Waals surface area (Å²) in [5.74, 6) is -0.363. The van der Waals surface area contributed by atoms with E-state index >= 15 is 0 Å². The van der Waals surface area contributed by atoms with Gasteiger partial charge in [0.2, 0.25) is 0 Å². The van der Waals surface area contributed by atoms with Crippen molar-refractivity contribution in [2.45, 2.75) is 19.9 Å². The van der Waals surface area contributed by atoms with E-state index in [2.05, 4.69) is 4.98 Å². The van der Waals surface area contributed by atoms with Gasteiger partial charge in [0.25, 0.3) is 0 Å². The van der Waals surface area contributed by atoms with Crippen LogP contribution in [0.15, 0.2) is 36.5 Å². The molecule has 1 atom stereocenters. The summed E-state index contributed by atoms with van der Waals surface area (Å²) in [4.78, 5) is 4.01. The Balaban J connectivity index is 2.40. The minimum absolute atomic E-state index is 0.288. The van der Waals surface area contributed by atoms with Crippen LogP contribution in [0.5, 0.6) is 0 Å². The molecule has 3 heteroatoms. The Hall–Kier alpha value is -1.74. The van der Waals surface area contributed by atoms with E-state index in [9.17, 15) is 4.39 Å². The van der Waals surface area contributed by atoms with Gasteiger partial charge in [0.15, 0.2) is 0 Å². The number of aryl methyl sites for hydroxylation is 2. The fourth-order valence-electron chi connectivity index (χ4n) is 1.74. The molecule has 0 aliphatic carbocycles. The van der Waals surface area contributed by atoms with E-state index in [0.29, 0.717) is 0 Å². The van der Waals surface area contributed by atoms with Crippen molar-refractivity contribution < 1.29 is 4.39 Å². The maximum Gasteiger partial charge on any atom is 0.146 e. The van der Waals surface area contributed by atoms with E-state index < -0.39 is 6.04 Å². The van der Waals surface area contributed by atoms with Crippen molar-refractivity contribution >= 4 is 0 Å². The molecule has 2 rings (SSSR count). The van der Waals surface area contributed by atoms with Gasteiger partial charge < -0.3 is 5.73 Å². The predicted molar refractivity (Wildman–Crippen MR) is 66.1 cm³/mol. The van der Waals surface area contributed by atoms with Gasteiger partial charge >= 0.3 is 0 Å². The summed E-state index contributed by atoms with van der Waals surface area (Å²) < 4.78 is 13.6. The maximum atomic E-state index is 13.6. The Morgan fingerprint density at radius 3 is 2.59 bits per heavy atom. The quantitative estimate of drug-likeness (QED) is 0.861. The molecule has 17 heavy (non-hydrogen) atoms. The molecule has 0 aliphatic heterocycles. The number of nitrogens with two attached hydrogens (primary N) is 1. The third-order valence-electron chi connectivity index (χ3n) is 2.97. The topological polar surface area (TPSA) is 38.9 Å². The van der Waals surface area contributed by atoms with Crippen LogP contribution in [0.4, 0.5) is 4.39 Å². The predicted octanol–water partition coefficient (Wildman–Crippen LogP) is 2.89. The smallest absolute Gasteiger partial charge is 0.146 e. The number of halogens is 1. The lowest BCUT2D eigenvalue weighted by Crippen LogP contribution is -2.15. The maximum absolute atomic E-state index is 13.6. The molecular weight excluding hydrogens is 215 g/mol. The van der Waals surface area contributed by atoms with E-state index in [1.54, 1.807) is 12.3 Å². The van der Waals surface area contributed by atoms with Gasteiger partial charge in [-0.05, 0) is 42.7 Å². The van der Waals surface area contributed by atoms with Gasteiger partial charge in [-0.3, -0.25) is 4.98 Å². The van der Waals surface area contributed by atoms with Crippen molar-refractivity contribution in [1.29, 1.82) is 0 Å². The molecule has 2 N–H and O–H groups in total. The number of hydrogen-bond acceptors (Lipinski definition) is 2. The Bertz CT molecular complexity index is 537. The monoisotopic (exact) mass is 230 g/mol. The second-order valence-corrected chi connectivity index (χ2v) is 4.19. The van der Waals surface area contributed by atoms with Crippen LogP contribution >= 0.6 is 0 Å². The lowest BCUT2D eigenvalue weighted by Gasteiger charge is -2.13. The van der Waals surface area contributed by atoms with Crippen molar-refractivity contribution in [2.75, 3.05) is 0 Å². The molecule has 0 amide bonds. The van der Waals surface area contributed by atoms with Crippen molar-refractivity contribution in [1.82, 2.24) is 4.98 Å². The van der Waals surface area contributed by atoms with Crippen molar-refractivity contribution in [3.05, 3.63) is 64.7 Å². The van der Waals surface area contributed by atoms with Crippen LogP contribution in [0.2, 0.25) is 0 Å². The lowest BCUT2D eigenvalue weighted by molar-refractivity contribution is 0.586. The van der Waals surface area contributed by atoms with Crippen LogP contribution in [-0.4, -0.2) is 4.98 Å². The molecule has 88 valence electrons. The Morgan fingerprint density at radius 1 is 1.18 bits per heavy atom. The summed E-state index contributed by atoms with van der Waals surface area (Å²) >= 11 is 0. The minimum Gasteiger partial charge on any atom is -0.319 e. The van der Waals surface area contributed by atoms with Gasteiger partial charge in [-0.25, -0.2) is 4.39 Å². The Labute approximate surface area is 100 Å². The first-order valence-electron chi connectivity index (χ1n) is 5.52. The van der Waals surface area contributed by atoms with Gasteiger partial charge in [-0.15, -0.1) is 0 Å². The van der Waals surface area contributed by atoms with E-state index in [1.165, 1.54) is 11.6 Å². The molecule has 1 aromatic carbocycles. The van der Waals surface area contributed by atoms with Gasteiger partial charge in [-0.1, -0.05) is 18.2 Å². The third kappa shape index (κ3) is 2.34. The van der Waals surface area contributed by atoms with Crippen LogP contribution < -0.4 is 5.73 Å². The van der Waals surface area contributed by atoms with E-state index in [-0.39, 0.29) is 11.5 Å². The molecule has 0 radical (unpaired) electrons. The summed E-state index contributed by atoms with van der Waals surface area (Å²) in [5, 5.41) is 0. The van der Waals surface area contributed by atoms with Crippen molar-refractivity contribution in [2.24, 2.45) is 5.73 Å². The molecule has 2 aromatic rings. The van der Waals surface area contributed by atoms with E-state index in [1.807, 2.05) is 32.0 Å². The largest absolute Gasteiger partial charge is 0.319 e. The normalized spacial score (nSPS) is 12.5. The summed E-state index contributed by atoms with van der Waals surface area (Å²) in [6.07, 6.45) is 1.55. The molecular formula is C14H15FN2. The first kappa shape index (κ1) is 11.7. The lowest BCUT2D eigenvalue weighted by atomic mass is 9.99. The third-order valence-corrected chi connectivity index (χ3v) is 2.97. The standard InChI is InChI=1S/C14H15FN2/c1-9-5-6-11(8-10(9)2)13(16)14-12(15)4-3-7-17-14/h3-8,13H,16H2,1-2H3/t13-/m0/s1. The summed E-state index contributed by atoms with van der Waals surface area (Å²) in [6, 6.07) is 8.31. The van der Waals surface area contributed by atoms with Gasteiger partial charge in [-0.2, -0.15) is 0 Å². The number of benzene rings is 1. The number of hydrogen-bond donors (Lipinski definition) is 1. The summed E-state index contributed by atoms with van der Waals surface area (Å²) in [5.41, 5.74) is 9.55. The average Bonchev–Trinajstić information content (AvgIpc) is 2.32. The average molecular weight is 230 g/mol. The molecule has 0 bridgehead atoms. The molecule has 1 heterocycles. The fourth-order valence-corrected chi connectivity index (χ4v) is 1.74. The van der Waals surface area contributed by atoms with Crippen LogP contribution in [0, 0.1) is 19.7 Å². The molecule has 1 aromatic heterocycles. The van der Waals surface area contributed by atoms with Crippen LogP contribution in [0.1, 0.15) is 28.4 Å². The van der Waals surface area contributed by atoms with Gasteiger partial charge in [0.05, 0.1) is 11.7 Å². The van der Waals surface area contributed by atoms with Crippen LogP contribution in [-0.2, 0) is 0 Å². The molecule has 0 unspecified atom stereocenters. The minimum atomic E-state index is -0.518. The second-order valence-electron chi connectivity index (χ2n) is 4.19. The first-order valence-corrected chi connectivity index (χ1v) is 5.52. The molecule has 2 nitrogen and oxygen atoms in total. The molecule has 0 saturated heterocycles. The zero-order valence-corrected chi connectivity index (χ0v) is 9.94. The highest BCUT2D eigenvalue weighted by molar-refractivity contribution is 5.35. The molecule has 0 fully saturated rings. The second kappa shape index (κ2) is 4.63. The highest BCUT2D eigenvalue weighted by atomic mass is 19.1. The Kier molecular flexibility index (Phi) is 3.20. The van der Waals surface area contributed by atoms with E-state index in [4.69, 9.17) is 5.73 Å². The molecule has 0 spiro atoms. The SMILES string of the molecule is Cc1ccc([C@H](N)c2ncccc2F)cc1C. The molecule has 0 saturated carbocycles. The van der Waals surface area contributed by atoms with Crippen molar-refractivity contribution in [3.8, 4) is 0 Å². The van der Waals surface area contributed by atoms with Crippen LogP contribution in [0.3, 0.4) is 0 Å². The fraction of sp³-hybridized carbons (Fsp3) is 0.214. The summed E-state index contributed by atoms with van der Waals surface area (Å²) in [6.45, 7) is 4.05. The number of pyridine rings is 1. The zero-order valence-electron chi connectivity index (χ0n) is 9.94. The number of aromatic nitrogens is 1. The molecule has 0 aliphatic rings. The van der Waals surface area contributed by atoms with Gasteiger partial charge in [0.1, 0.15) is 5.82 Å². The summed E-state index contributed by atoms with van der Waals surface area (Å²) in [7, 11) is 0. The Morgan fingerprint density at radius 2 is 1.94 bits per heavy atom. The van der Waals surface area contributed by atoms with E-state index in [0.717, 1.165) is 11.1 Å². The van der Waals surface area contributed by atoms with Gasteiger partial charge in [0, 0.05) is 6.20 Å².